The minimum absolute atomic E-state index is 0. The first-order valence-corrected chi connectivity index (χ1v) is 34.8. The Balaban J connectivity index is -0.000000456. The number of nitrogens with zero attached hydrogens (tertiary/aromatic N) is 6. The number of pyridine rings is 2. The molecule has 0 atom stereocenters. The first-order valence-electron chi connectivity index (χ1n) is 34.8. The van der Waals surface area contributed by atoms with E-state index in [-0.39, 0.29) is 150 Å². The van der Waals surface area contributed by atoms with Gasteiger partial charge in [0.05, 0.1) is 0 Å². The SMILES string of the molecule is CCCCCC.CN(CCN(C)Cc1cc(C(C)(C)C)cc(C(C)(C)C)c1[O-])Cc1cc(C(C)(C)C)cc(C(C)(C)C)c1[O-].CN(CCN(C)Cc1cc(C(C)(C)C)cc(C(C)(C)C)c1[O-])Cc1cc(C(C)(C)C)cc(C(C)(C)C)c1[O-].[O-2].[O-2].[O-2].[O-2].[U].[U].c1ccncc1.c1ccncc1. The van der Waals surface area contributed by atoms with Crippen LogP contribution in [0.15, 0.2) is 110 Å². The van der Waals surface area contributed by atoms with Crippen LogP contribution in [0, 0.1) is 62.2 Å². The summed E-state index contributed by atoms with van der Waals surface area (Å²) in [5, 5.41) is 53.6. The number of hydrogen-bond donors (Lipinski definition) is 0. The van der Waals surface area contributed by atoms with E-state index in [0.29, 0.717) is 26.2 Å². The van der Waals surface area contributed by atoms with Gasteiger partial charge in [0, 0.05) is 139 Å². The molecule has 4 aromatic carbocycles. The van der Waals surface area contributed by atoms with Crippen LogP contribution in [0.2, 0.25) is 0 Å². The summed E-state index contributed by atoms with van der Waals surface area (Å²) in [5.74, 6) is 0.650. The van der Waals surface area contributed by atoms with Gasteiger partial charge in [-0.05, 0) is 163 Å². The molecule has 2 aromatic heterocycles. The molecule has 566 valence electrons. The molecule has 0 saturated heterocycles. The fourth-order valence-electron chi connectivity index (χ4n) is 10.5. The summed E-state index contributed by atoms with van der Waals surface area (Å²) in [7, 11) is 8.30. The quantitative estimate of drug-likeness (QED) is 0.0781. The summed E-state index contributed by atoms with van der Waals surface area (Å²) < 4.78 is 0. The van der Waals surface area contributed by atoms with Crippen molar-refractivity contribution in [3.63, 3.8) is 0 Å². The van der Waals surface area contributed by atoms with Gasteiger partial charge in [-0.15, -0.1) is 23.0 Å². The molecule has 0 aliphatic heterocycles. The molecular formula is C84H132N6O8U2-12. The molecule has 0 fully saturated rings. The summed E-state index contributed by atoms with van der Waals surface area (Å²) in [4.78, 5) is 16.4. The molecule has 16 heteroatoms. The Hall–Kier alpha value is -3.84. The van der Waals surface area contributed by atoms with Gasteiger partial charge in [0.25, 0.3) is 0 Å². The molecule has 6 rings (SSSR count). The van der Waals surface area contributed by atoms with Crippen molar-refractivity contribution >= 4 is 0 Å². The molecule has 0 saturated carbocycles. The van der Waals surface area contributed by atoms with Gasteiger partial charge in [0.1, 0.15) is 0 Å². The first-order chi connectivity index (χ1) is 42.9. The number of hydrogen-bond acceptors (Lipinski definition) is 10. The Bertz CT molecular complexity index is 2750. The van der Waals surface area contributed by atoms with Gasteiger partial charge in [-0.3, -0.25) is 9.97 Å². The standard InChI is InChI=1S/2C34H56N2O2.C6H14.2C5H5N.4O.2U/c2*1-31(2,3)25-17-23(29(37)27(19-25)33(7,8)9)21-35(13)15-16-36(14)22-24-18-26(32(4,5)6)20-28(30(24)38)34(10,11)12;1-3-5-6-4-2;2*1-2-4-6-5-3-1;;;;;;/h2*17-20,37-38H,15-16,21-22H2,1-14H3;3-6H2,1-2H3;2*1-5H;;;;;;/q;;;;;4*-2;;/p-4. The van der Waals surface area contributed by atoms with E-state index in [1.54, 1.807) is 24.8 Å². The molecule has 0 radical (unpaired) electrons. The van der Waals surface area contributed by atoms with Crippen molar-refractivity contribution in [2.24, 2.45) is 0 Å². The van der Waals surface area contributed by atoms with Crippen LogP contribution in [0.5, 0.6) is 23.0 Å². The average Bonchev–Trinajstić information content (AvgIpc) is 0.811. The second kappa shape index (κ2) is 45.5. The van der Waals surface area contributed by atoms with Crippen LogP contribution in [0.4, 0.5) is 0 Å². The van der Waals surface area contributed by atoms with E-state index in [2.05, 4.69) is 286 Å². The van der Waals surface area contributed by atoms with Crippen LogP contribution in [0.1, 0.15) is 272 Å². The van der Waals surface area contributed by atoms with Crippen molar-refractivity contribution in [3.05, 3.63) is 176 Å². The summed E-state index contributed by atoms with van der Waals surface area (Å²) in [6.45, 7) is 61.9. The molecule has 0 amide bonds. The van der Waals surface area contributed by atoms with Crippen molar-refractivity contribution < 1.29 is 105 Å². The van der Waals surface area contributed by atoms with Gasteiger partial charge >= 0.3 is 0 Å². The van der Waals surface area contributed by atoms with Gasteiger partial charge < -0.3 is 61.9 Å². The fourth-order valence-corrected chi connectivity index (χ4v) is 10.5. The molecule has 6 aromatic rings. The maximum atomic E-state index is 13.4. The normalized spacial score (nSPS) is 11.8. The topological polar surface area (TPSA) is 245 Å². The molecule has 0 N–H and O–H groups in total. The molecule has 0 spiro atoms. The van der Waals surface area contributed by atoms with Crippen LogP contribution < -0.4 is 20.4 Å². The third kappa shape index (κ3) is 36.7. The zero-order chi connectivity index (χ0) is 72.2. The number of unbranched alkanes of at least 4 members (excludes halogenated alkanes) is 3. The molecule has 0 aliphatic rings. The zero-order valence-corrected chi connectivity index (χ0v) is 76.2. The van der Waals surface area contributed by atoms with E-state index in [4.69, 9.17) is 0 Å². The van der Waals surface area contributed by atoms with E-state index in [9.17, 15) is 20.4 Å². The molecule has 0 bridgehead atoms. The number of aromatic nitrogens is 2. The zero-order valence-electron chi connectivity index (χ0n) is 67.8. The van der Waals surface area contributed by atoms with E-state index >= 15 is 0 Å². The van der Waals surface area contributed by atoms with E-state index in [1.165, 1.54) is 47.9 Å². The predicted molar refractivity (Wildman–Crippen MR) is 400 cm³/mol. The van der Waals surface area contributed by atoms with Gasteiger partial charge in [0.15, 0.2) is 0 Å². The summed E-state index contributed by atoms with van der Waals surface area (Å²) in [6.07, 6.45) is 12.5. The molecule has 100 heavy (non-hydrogen) atoms. The third-order valence-electron chi connectivity index (χ3n) is 16.9. The first kappa shape index (κ1) is 105. The predicted octanol–water partition coefficient (Wildman–Crippen LogP) is 17.4. The third-order valence-corrected chi connectivity index (χ3v) is 16.9. The number of rotatable bonds is 17. The molecule has 0 unspecified atom stereocenters. The minimum Gasteiger partial charge on any atom is -2.00 e. The Kier molecular flexibility index (Phi) is 47.7. The monoisotopic (exact) mass is 1830 g/mol. The van der Waals surface area contributed by atoms with Crippen molar-refractivity contribution in [2.45, 2.75) is 275 Å². The second-order valence-electron chi connectivity index (χ2n) is 34.8. The van der Waals surface area contributed by atoms with Crippen molar-refractivity contribution in [2.75, 3.05) is 54.4 Å². The Morgan fingerprint density at radius 2 is 0.450 bits per heavy atom. The van der Waals surface area contributed by atoms with Crippen LogP contribution >= 0.6 is 0 Å². The van der Waals surface area contributed by atoms with E-state index in [0.717, 1.165) is 70.7 Å². The average molecular weight is 1830 g/mol. The van der Waals surface area contributed by atoms with Crippen molar-refractivity contribution in [3.8, 4) is 23.0 Å². The molecular weight excluding hydrogens is 1700 g/mol. The maximum absolute atomic E-state index is 13.4. The van der Waals surface area contributed by atoms with Gasteiger partial charge in [-0.1, -0.05) is 266 Å². The number of benzene rings is 4. The second-order valence-corrected chi connectivity index (χ2v) is 34.8. The summed E-state index contributed by atoms with van der Waals surface area (Å²) >= 11 is 0. The largest absolute Gasteiger partial charge is 2.00 e. The van der Waals surface area contributed by atoms with Gasteiger partial charge in [-0.2, -0.15) is 0 Å². The van der Waals surface area contributed by atoms with Gasteiger partial charge in [-0.25, -0.2) is 0 Å². The maximum Gasteiger partial charge on any atom is 0.0267 e. The van der Waals surface area contributed by atoms with Crippen LogP contribution in [-0.4, -0.2) is 83.9 Å². The molecule has 0 aliphatic carbocycles. The summed E-state index contributed by atoms with van der Waals surface area (Å²) in [6, 6.07) is 28.3. The fraction of sp³-hybridized carbons (Fsp3) is 0.595. The number of likely N-dealkylation sites (N-methyl/N-ethyl adjacent to an activating group) is 4. The van der Waals surface area contributed by atoms with Crippen LogP contribution in [0.25, 0.3) is 0 Å². The van der Waals surface area contributed by atoms with Crippen molar-refractivity contribution in [1.82, 2.24) is 29.6 Å². The van der Waals surface area contributed by atoms with E-state index < -0.39 is 0 Å². The Morgan fingerprint density at radius 3 is 0.560 bits per heavy atom. The Labute approximate surface area is 657 Å². The summed E-state index contributed by atoms with van der Waals surface area (Å²) in [5.41, 5.74) is 11.0. The Morgan fingerprint density at radius 1 is 0.280 bits per heavy atom. The van der Waals surface area contributed by atoms with Gasteiger partial charge in [0.2, 0.25) is 0 Å². The van der Waals surface area contributed by atoms with Crippen LogP contribution in [-0.2, 0) is 91.4 Å². The minimum atomic E-state index is -0.199. The van der Waals surface area contributed by atoms with Crippen molar-refractivity contribution in [1.29, 1.82) is 0 Å². The molecule has 14 nitrogen and oxygen atoms in total. The smallest absolute Gasteiger partial charge is 0.0267 e. The van der Waals surface area contributed by atoms with Crippen LogP contribution in [0.3, 0.4) is 0 Å². The van der Waals surface area contributed by atoms with E-state index in [1.807, 2.05) is 36.4 Å². The molecule has 2 heterocycles.